The molecule has 0 unspecified atom stereocenters. The van der Waals surface area contributed by atoms with Gasteiger partial charge in [0, 0.05) is 12.4 Å². The minimum atomic E-state index is 0.643. The summed E-state index contributed by atoms with van der Waals surface area (Å²) < 4.78 is 7.00. The van der Waals surface area contributed by atoms with Gasteiger partial charge < -0.3 is 10.5 Å². The molecule has 0 spiro atoms. The summed E-state index contributed by atoms with van der Waals surface area (Å²) in [5, 5.41) is 5.18. The smallest absolute Gasteiger partial charge is 0.145 e. The van der Waals surface area contributed by atoms with E-state index in [9.17, 15) is 0 Å². The van der Waals surface area contributed by atoms with Gasteiger partial charge in [-0.3, -0.25) is 4.68 Å². The third-order valence-corrected chi connectivity index (χ3v) is 2.81. The SMILES string of the molecule is COc1cccc2c(N)c3nn(C)cc3nc12. The van der Waals surface area contributed by atoms with Crippen LogP contribution in [0.25, 0.3) is 21.9 Å². The number of para-hydroxylation sites is 1. The number of nitrogens with zero attached hydrogens (tertiary/aromatic N) is 3. The fourth-order valence-electron chi connectivity index (χ4n) is 2.02. The lowest BCUT2D eigenvalue weighted by Gasteiger charge is -2.06. The van der Waals surface area contributed by atoms with Crippen molar-refractivity contribution in [1.82, 2.24) is 14.8 Å². The molecule has 0 saturated carbocycles. The van der Waals surface area contributed by atoms with Crippen molar-refractivity contribution < 1.29 is 4.74 Å². The molecule has 3 rings (SSSR count). The second-order valence-corrected chi connectivity index (χ2v) is 3.92. The number of methoxy groups -OCH3 is 1. The lowest BCUT2D eigenvalue weighted by Crippen LogP contribution is -1.94. The number of pyridine rings is 1. The molecule has 0 aliphatic heterocycles. The Labute approximate surface area is 97.8 Å². The second-order valence-electron chi connectivity index (χ2n) is 3.92. The molecule has 2 heterocycles. The molecular formula is C12H12N4O. The zero-order valence-electron chi connectivity index (χ0n) is 9.64. The molecule has 0 amide bonds. The standard InChI is InChI=1S/C12H12N4O/c1-16-6-8-12(15-16)10(13)7-4-3-5-9(17-2)11(7)14-8/h3-6H,13H2,1-2H3. The number of aromatic nitrogens is 3. The summed E-state index contributed by atoms with van der Waals surface area (Å²) in [6.45, 7) is 0. The van der Waals surface area contributed by atoms with E-state index < -0.39 is 0 Å². The summed E-state index contributed by atoms with van der Waals surface area (Å²) in [7, 11) is 3.48. The highest BCUT2D eigenvalue weighted by atomic mass is 16.5. The first-order valence-electron chi connectivity index (χ1n) is 5.26. The van der Waals surface area contributed by atoms with E-state index in [4.69, 9.17) is 10.5 Å². The number of ether oxygens (including phenoxy) is 1. The molecule has 2 N–H and O–H groups in total. The highest BCUT2D eigenvalue weighted by molar-refractivity contribution is 6.06. The van der Waals surface area contributed by atoms with Gasteiger partial charge in [-0.25, -0.2) is 4.98 Å². The molecule has 5 heteroatoms. The van der Waals surface area contributed by atoms with Crippen LogP contribution in [0.3, 0.4) is 0 Å². The average Bonchev–Trinajstić information content (AvgIpc) is 2.70. The maximum atomic E-state index is 6.12. The van der Waals surface area contributed by atoms with Gasteiger partial charge in [-0.05, 0) is 6.07 Å². The Morgan fingerprint density at radius 2 is 2.12 bits per heavy atom. The molecule has 0 atom stereocenters. The number of rotatable bonds is 1. The van der Waals surface area contributed by atoms with Gasteiger partial charge in [0.2, 0.25) is 0 Å². The Morgan fingerprint density at radius 1 is 1.29 bits per heavy atom. The van der Waals surface area contributed by atoms with Crippen LogP contribution in [-0.4, -0.2) is 21.9 Å². The first-order valence-corrected chi connectivity index (χ1v) is 5.26. The van der Waals surface area contributed by atoms with Gasteiger partial charge in [0.25, 0.3) is 0 Å². The third-order valence-electron chi connectivity index (χ3n) is 2.81. The minimum absolute atomic E-state index is 0.643. The van der Waals surface area contributed by atoms with Gasteiger partial charge in [0.05, 0.1) is 19.0 Å². The second kappa shape index (κ2) is 3.35. The van der Waals surface area contributed by atoms with Gasteiger partial charge in [0.1, 0.15) is 22.3 Å². The largest absolute Gasteiger partial charge is 0.494 e. The first-order chi connectivity index (χ1) is 8.20. The Bertz CT molecular complexity index is 717. The Kier molecular flexibility index (Phi) is 1.95. The molecule has 3 aromatic rings. The lowest BCUT2D eigenvalue weighted by atomic mass is 10.1. The zero-order valence-corrected chi connectivity index (χ0v) is 9.64. The molecule has 2 aromatic heterocycles. The van der Waals surface area contributed by atoms with E-state index >= 15 is 0 Å². The van der Waals surface area contributed by atoms with Gasteiger partial charge in [0.15, 0.2) is 0 Å². The van der Waals surface area contributed by atoms with Crippen molar-refractivity contribution in [2.45, 2.75) is 0 Å². The maximum Gasteiger partial charge on any atom is 0.145 e. The van der Waals surface area contributed by atoms with Crippen LogP contribution in [0.4, 0.5) is 5.69 Å². The number of aryl methyl sites for hydroxylation is 1. The molecular weight excluding hydrogens is 216 g/mol. The summed E-state index contributed by atoms with van der Waals surface area (Å²) in [5.41, 5.74) is 9.04. The van der Waals surface area contributed by atoms with E-state index in [1.54, 1.807) is 11.8 Å². The fourth-order valence-corrected chi connectivity index (χ4v) is 2.02. The van der Waals surface area contributed by atoms with Crippen LogP contribution < -0.4 is 10.5 Å². The first kappa shape index (κ1) is 9.89. The van der Waals surface area contributed by atoms with Gasteiger partial charge in [-0.1, -0.05) is 12.1 Å². The predicted molar refractivity (Wildman–Crippen MR) is 67.0 cm³/mol. The molecule has 0 aliphatic carbocycles. The normalized spacial score (nSPS) is 11.2. The number of benzene rings is 1. The number of hydrogen-bond donors (Lipinski definition) is 1. The summed E-state index contributed by atoms with van der Waals surface area (Å²) in [6.07, 6.45) is 1.84. The molecule has 5 nitrogen and oxygen atoms in total. The van der Waals surface area contributed by atoms with E-state index in [1.807, 2.05) is 31.4 Å². The van der Waals surface area contributed by atoms with Crippen LogP contribution >= 0.6 is 0 Å². The Hall–Kier alpha value is -2.30. The van der Waals surface area contributed by atoms with Crippen molar-refractivity contribution in [1.29, 1.82) is 0 Å². The number of hydrogen-bond acceptors (Lipinski definition) is 4. The molecule has 0 fully saturated rings. The highest BCUT2D eigenvalue weighted by Gasteiger charge is 2.12. The summed E-state index contributed by atoms with van der Waals surface area (Å²) in [6, 6.07) is 5.69. The topological polar surface area (TPSA) is 66.0 Å². The highest BCUT2D eigenvalue weighted by Crippen LogP contribution is 2.31. The lowest BCUT2D eigenvalue weighted by molar-refractivity contribution is 0.419. The fraction of sp³-hybridized carbons (Fsp3) is 0.167. The Balaban J connectivity index is 2.53. The number of nitrogens with two attached hydrogens (primary N) is 1. The molecule has 0 radical (unpaired) electrons. The van der Waals surface area contributed by atoms with Crippen molar-refractivity contribution in [3.05, 3.63) is 24.4 Å². The summed E-state index contributed by atoms with van der Waals surface area (Å²) in [4.78, 5) is 4.54. The van der Waals surface area contributed by atoms with Gasteiger partial charge in [-0.2, -0.15) is 5.10 Å². The predicted octanol–water partition coefficient (Wildman–Crippen LogP) is 1.71. The van der Waals surface area contributed by atoms with Crippen LogP contribution in [0.1, 0.15) is 0 Å². The summed E-state index contributed by atoms with van der Waals surface area (Å²) >= 11 is 0. The van der Waals surface area contributed by atoms with E-state index in [2.05, 4.69) is 10.1 Å². The monoisotopic (exact) mass is 228 g/mol. The van der Waals surface area contributed by atoms with Gasteiger partial charge >= 0.3 is 0 Å². The van der Waals surface area contributed by atoms with Crippen molar-refractivity contribution in [3.63, 3.8) is 0 Å². The zero-order chi connectivity index (χ0) is 12.0. The third kappa shape index (κ3) is 1.32. The van der Waals surface area contributed by atoms with Crippen molar-refractivity contribution in [2.75, 3.05) is 12.8 Å². The van der Waals surface area contributed by atoms with E-state index in [0.717, 1.165) is 27.7 Å². The molecule has 0 bridgehead atoms. The van der Waals surface area contributed by atoms with Crippen molar-refractivity contribution in [2.24, 2.45) is 7.05 Å². The number of anilines is 1. The molecule has 0 aliphatic rings. The van der Waals surface area contributed by atoms with Crippen LogP contribution in [-0.2, 0) is 7.05 Å². The maximum absolute atomic E-state index is 6.12. The van der Waals surface area contributed by atoms with Crippen molar-refractivity contribution >= 4 is 27.6 Å². The van der Waals surface area contributed by atoms with E-state index in [-0.39, 0.29) is 0 Å². The van der Waals surface area contributed by atoms with Crippen LogP contribution in [0.5, 0.6) is 5.75 Å². The quantitative estimate of drug-likeness (QED) is 0.688. The van der Waals surface area contributed by atoms with Crippen molar-refractivity contribution in [3.8, 4) is 5.75 Å². The van der Waals surface area contributed by atoms with E-state index in [1.165, 1.54) is 0 Å². The summed E-state index contributed by atoms with van der Waals surface area (Å²) in [5.74, 6) is 0.722. The molecule has 0 saturated heterocycles. The van der Waals surface area contributed by atoms with Gasteiger partial charge in [-0.15, -0.1) is 0 Å². The minimum Gasteiger partial charge on any atom is -0.494 e. The molecule has 17 heavy (non-hydrogen) atoms. The Morgan fingerprint density at radius 3 is 2.88 bits per heavy atom. The average molecular weight is 228 g/mol. The van der Waals surface area contributed by atoms with Crippen LogP contribution in [0, 0.1) is 0 Å². The number of nitrogen functional groups attached to an aromatic ring is 1. The molecule has 86 valence electrons. The van der Waals surface area contributed by atoms with Crippen LogP contribution in [0.15, 0.2) is 24.4 Å². The van der Waals surface area contributed by atoms with E-state index in [0.29, 0.717) is 5.69 Å². The number of fused-ring (bicyclic) bond motifs is 2. The molecule has 1 aromatic carbocycles. The van der Waals surface area contributed by atoms with Crippen LogP contribution in [0.2, 0.25) is 0 Å².